The number of rotatable bonds is 7. The minimum absolute atomic E-state index is 0.150. The molecule has 24 heavy (non-hydrogen) atoms. The van der Waals surface area contributed by atoms with E-state index in [9.17, 15) is 4.79 Å². The van der Waals surface area contributed by atoms with E-state index in [-0.39, 0.29) is 5.91 Å². The van der Waals surface area contributed by atoms with Crippen molar-refractivity contribution < 1.29 is 14.3 Å². The van der Waals surface area contributed by atoms with Crippen LogP contribution in [-0.4, -0.2) is 25.2 Å². The summed E-state index contributed by atoms with van der Waals surface area (Å²) < 4.78 is 11.4. The van der Waals surface area contributed by atoms with E-state index in [4.69, 9.17) is 9.47 Å². The normalized spacial score (nSPS) is 11.7. The van der Waals surface area contributed by atoms with Gasteiger partial charge in [-0.05, 0) is 56.5 Å². The molecule has 0 radical (unpaired) electrons. The van der Waals surface area contributed by atoms with Crippen molar-refractivity contribution in [2.75, 3.05) is 13.2 Å². The van der Waals surface area contributed by atoms with E-state index in [1.54, 1.807) is 6.92 Å². The van der Waals surface area contributed by atoms with Gasteiger partial charge in [0.15, 0.2) is 6.10 Å². The van der Waals surface area contributed by atoms with Crippen LogP contribution < -0.4 is 14.8 Å². The molecule has 0 heterocycles. The Balaban J connectivity index is 1.76. The molecule has 1 N–H and O–H groups in total. The Morgan fingerprint density at radius 2 is 1.75 bits per heavy atom. The number of amides is 1. The Labute approximate surface area is 143 Å². The molecule has 128 valence electrons. The predicted molar refractivity (Wildman–Crippen MR) is 95.7 cm³/mol. The van der Waals surface area contributed by atoms with Gasteiger partial charge >= 0.3 is 0 Å². The van der Waals surface area contributed by atoms with Crippen LogP contribution >= 0.6 is 0 Å². The van der Waals surface area contributed by atoms with Gasteiger partial charge in [-0.2, -0.15) is 0 Å². The fourth-order valence-electron chi connectivity index (χ4n) is 2.27. The molecule has 1 amide bonds. The highest BCUT2D eigenvalue weighted by Crippen LogP contribution is 2.19. The van der Waals surface area contributed by atoms with E-state index in [0.717, 1.165) is 28.2 Å². The molecule has 4 nitrogen and oxygen atoms in total. The fraction of sp³-hybridized carbons (Fsp3) is 0.350. The second kappa shape index (κ2) is 8.39. The highest BCUT2D eigenvalue weighted by atomic mass is 16.5. The summed E-state index contributed by atoms with van der Waals surface area (Å²) in [6.45, 7) is 8.59. The topological polar surface area (TPSA) is 47.6 Å². The zero-order chi connectivity index (χ0) is 17.5. The summed E-state index contributed by atoms with van der Waals surface area (Å²) >= 11 is 0. The number of hydrogen-bond donors (Lipinski definition) is 1. The molecule has 0 bridgehead atoms. The van der Waals surface area contributed by atoms with Crippen LogP contribution in [0.15, 0.2) is 42.5 Å². The summed E-state index contributed by atoms with van der Waals surface area (Å²) in [5.74, 6) is 1.43. The van der Waals surface area contributed by atoms with Gasteiger partial charge in [-0.25, -0.2) is 0 Å². The lowest BCUT2D eigenvalue weighted by molar-refractivity contribution is -0.127. The second-order valence-corrected chi connectivity index (χ2v) is 5.93. The minimum Gasteiger partial charge on any atom is -0.491 e. The first-order valence-corrected chi connectivity index (χ1v) is 8.17. The predicted octanol–water partition coefficient (Wildman–Crippen LogP) is 3.57. The maximum Gasteiger partial charge on any atom is 0.260 e. The standard InChI is InChI=1S/C20H25NO3/c1-14-9-10-16(3)19(13-14)23-12-11-21-20(22)17(4)24-18-8-6-5-7-15(18)2/h5-10,13,17H,11-12H2,1-4H3,(H,21,22)/t17-/m1/s1. The molecule has 1 atom stereocenters. The van der Waals surface area contributed by atoms with E-state index in [1.807, 2.05) is 57.2 Å². The van der Waals surface area contributed by atoms with Gasteiger partial charge in [0.2, 0.25) is 0 Å². The van der Waals surface area contributed by atoms with Crippen LogP contribution in [0.2, 0.25) is 0 Å². The molecule has 0 spiro atoms. The number of carbonyl (C=O) groups is 1. The molecule has 0 aliphatic carbocycles. The summed E-state index contributed by atoms with van der Waals surface area (Å²) in [5, 5.41) is 2.84. The third kappa shape index (κ3) is 5.01. The molecule has 0 fully saturated rings. The Hall–Kier alpha value is -2.49. The largest absolute Gasteiger partial charge is 0.491 e. The molecule has 4 heteroatoms. The SMILES string of the molecule is Cc1ccc(C)c(OCCNC(=O)[C@@H](C)Oc2ccccc2C)c1. The van der Waals surface area contributed by atoms with Crippen LogP contribution in [0.4, 0.5) is 0 Å². The number of nitrogens with one attached hydrogen (secondary N) is 1. The maximum absolute atomic E-state index is 12.1. The summed E-state index contributed by atoms with van der Waals surface area (Å²) in [6, 6.07) is 13.7. The molecule has 0 unspecified atom stereocenters. The third-order valence-corrected chi connectivity index (χ3v) is 3.77. The molecule has 0 saturated carbocycles. The maximum atomic E-state index is 12.1. The van der Waals surface area contributed by atoms with Crippen molar-refractivity contribution in [1.29, 1.82) is 0 Å². The van der Waals surface area contributed by atoms with Gasteiger partial charge in [0, 0.05) is 0 Å². The van der Waals surface area contributed by atoms with E-state index >= 15 is 0 Å². The van der Waals surface area contributed by atoms with Crippen molar-refractivity contribution in [3.8, 4) is 11.5 Å². The van der Waals surface area contributed by atoms with Crippen LogP contribution in [0.5, 0.6) is 11.5 Å². The lowest BCUT2D eigenvalue weighted by atomic mass is 10.1. The highest BCUT2D eigenvalue weighted by Gasteiger charge is 2.14. The van der Waals surface area contributed by atoms with Gasteiger partial charge in [0.05, 0.1) is 6.54 Å². The highest BCUT2D eigenvalue weighted by molar-refractivity contribution is 5.80. The average Bonchev–Trinajstić information content (AvgIpc) is 2.56. The van der Waals surface area contributed by atoms with Crippen LogP contribution in [0.25, 0.3) is 0 Å². The Morgan fingerprint density at radius 1 is 1.04 bits per heavy atom. The van der Waals surface area contributed by atoms with Crippen molar-refractivity contribution in [2.45, 2.75) is 33.8 Å². The summed E-state index contributed by atoms with van der Waals surface area (Å²) in [5.41, 5.74) is 3.25. The van der Waals surface area contributed by atoms with Gasteiger partial charge in [-0.15, -0.1) is 0 Å². The van der Waals surface area contributed by atoms with E-state index < -0.39 is 6.10 Å². The van der Waals surface area contributed by atoms with E-state index in [0.29, 0.717) is 13.2 Å². The minimum atomic E-state index is -0.549. The van der Waals surface area contributed by atoms with Crippen LogP contribution in [0, 0.1) is 20.8 Å². The first-order chi connectivity index (χ1) is 11.5. The number of para-hydroxylation sites is 1. The quantitative estimate of drug-likeness (QED) is 0.791. The van der Waals surface area contributed by atoms with Gasteiger partial charge in [-0.1, -0.05) is 30.3 Å². The number of aryl methyl sites for hydroxylation is 3. The molecule has 0 aliphatic rings. The lowest BCUT2D eigenvalue weighted by Crippen LogP contribution is -2.38. The monoisotopic (exact) mass is 327 g/mol. The summed E-state index contributed by atoms with van der Waals surface area (Å²) in [4.78, 5) is 12.1. The summed E-state index contributed by atoms with van der Waals surface area (Å²) in [7, 11) is 0. The number of carbonyl (C=O) groups excluding carboxylic acids is 1. The zero-order valence-electron chi connectivity index (χ0n) is 14.8. The molecule has 0 aromatic heterocycles. The average molecular weight is 327 g/mol. The summed E-state index contributed by atoms with van der Waals surface area (Å²) in [6.07, 6.45) is -0.549. The number of benzene rings is 2. The van der Waals surface area contributed by atoms with Crippen molar-refractivity contribution in [1.82, 2.24) is 5.32 Å². The van der Waals surface area contributed by atoms with E-state index in [2.05, 4.69) is 11.4 Å². The van der Waals surface area contributed by atoms with Crippen LogP contribution in [0.1, 0.15) is 23.6 Å². The van der Waals surface area contributed by atoms with Crippen molar-refractivity contribution in [2.24, 2.45) is 0 Å². The fourth-order valence-corrected chi connectivity index (χ4v) is 2.27. The molecular weight excluding hydrogens is 302 g/mol. The van der Waals surface area contributed by atoms with Gasteiger partial charge in [0.1, 0.15) is 18.1 Å². The van der Waals surface area contributed by atoms with Gasteiger partial charge in [-0.3, -0.25) is 4.79 Å². The molecule has 0 aliphatic heterocycles. The first-order valence-electron chi connectivity index (χ1n) is 8.17. The van der Waals surface area contributed by atoms with Gasteiger partial charge < -0.3 is 14.8 Å². The number of ether oxygens (including phenoxy) is 2. The van der Waals surface area contributed by atoms with Crippen molar-refractivity contribution in [3.63, 3.8) is 0 Å². The number of hydrogen-bond acceptors (Lipinski definition) is 3. The van der Waals surface area contributed by atoms with E-state index in [1.165, 1.54) is 0 Å². The Kier molecular flexibility index (Phi) is 6.24. The Bertz CT molecular complexity index is 697. The molecule has 2 aromatic rings. The van der Waals surface area contributed by atoms with Crippen LogP contribution in [0.3, 0.4) is 0 Å². The van der Waals surface area contributed by atoms with Gasteiger partial charge in [0.25, 0.3) is 5.91 Å². The molecular formula is C20H25NO3. The van der Waals surface area contributed by atoms with Crippen molar-refractivity contribution >= 4 is 5.91 Å². The van der Waals surface area contributed by atoms with Crippen molar-refractivity contribution in [3.05, 3.63) is 59.2 Å². The Morgan fingerprint density at radius 3 is 2.50 bits per heavy atom. The zero-order valence-corrected chi connectivity index (χ0v) is 14.8. The second-order valence-electron chi connectivity index (χ2n) is 5.93. The smallest absolute Gasteiger partial charge is 0.260 e. The van der Waals surface area contributed by atoms with Crippen LogP contribution in [-0.2, 0) is 4.79 Å². The third-order valence-electron chi connectivity index (χ3n) is 3.77. The molecule has 2 rings (SSSR count). The molecule has 0 saturated heterocycles. The first kappa shape index (κ1) is 17.9. The molecule has 2 aromatic carbocycles. The lowest BCUT2D eigenvalue weighted by Gasteiger charge is -2.16.